The first kappa shape index (κ1) is 21.4. The lowest BCUT2D eigenvalue weighted by atomic mass is 10.1. The summed E-state index contributed by atoms with van der Waals surface area (Å²) in [7, 11) is -2.19. The molecule has 3 rings (SSSR count). The topological polar surface area (TPSA) is 84.5 Å². The highest BCUT2D eigenvalue weighted by molar-refractivity contribution is 7.89. The number of carbonyl (C=O) groups excluding carboxylic acids is 1. The molecular weight excluding hydrogens is 408 g/mol. The number of hydrogen-bond donors (Lipinski definition) is 2. The lowest BCUT2D eigenvalue weighted by Gasteiger charge is -2.11. The minimum atomic E-state index is -3.69. The SMILES string of the molecule is COCCNS(=O)(=O)c1ccc(C)c(C(=O)NCCc2csc3ccccc23)c1. The van der Waals surface area contributed by atoms with Gasteiger partial charge in [-0.1, -0.05) is 24.3 Å². The molecule has 0 radical (unpaired) electrons. The number of sulfonamides is 1. The number of ether oxygens (including phenoxy) is 1. The Labute approximate surface area is 175 Å². The molecule has 0 atom stereocenters. The van der Waals surface area contributed by atoms with E-state index in [4.69, 9.17) is 4.74 Å². The molecule has 0 saturated carbocycles. The van der Waals surface area contributed by atoms with E-state index < -0.39 is 10.0 Å². The number of fused-ring (bicyclic) bond motifs is 1. The minimum absolute atomic E-state index is 0.0631. The first-order chi connectivity index (χ1) is 13.9. The van der Waals surface area contributed by atoms with E-state index in [9.17, 15) is 13.2 Å². The molecule has 0 bridgehead atoms. The van der Waals surface area contributed by atoms with Crippen LogP contribution in [0.5, 0.6) is 0 Å². The number of methoxy groups -OCH3 is 1. The van der Waals surface area contributed by atoms with Crippen LogP contribution in [0.1, 0.15) is 21.5 Å². The zero-order valence-corrected chi connectivity index (χ0v) is 18.0. The van der Waals surface area contributed by atoms with Gasteiger partial charge in [-0.25, -0.2) is 13.1 Å². The minimum Gasteiger partial charge on any atom is -0.383 e. The number of rotatable bonds is 9. The number of nitrogens with one attached hydrogen (secondary N) is 2. The van der Waals surface area contributed by atoms with E-state index in [1.54, 1.807) is 24.3 Å². The molecular formula is C21H24N2O4S2. The molecule has 0 aliphatic carbocycles. The fourth-order valence-corrected chi connectivity index (χ4v) is 5.04. The van der Waals surface area contributed by atoms with Gasteiger partial charge in [-0.3, -0.25) is 4.79 Å². The van der Waals surface area contributed by atoms with Crippen LogP contribution in [0.2, 0.25) is 0 Å². The van der Waals surface area contributed by atoms with Crippen LogP contribution in [-0.2, 0) is 21.2 Å². The molecule has 0 aliphatic rings. The van der Waals surface area contributed by atoms with Crippen molar-refractivity contribution in [1.29, 1.82) is 0 Å². The normalized spacial score (nSPS) is 11.7. The number of benzene rings is 2. The summed E-state index contributed by atoms with van der Waals surface area (Å²) in [6.07, 6.45) is 0.714. The number of hydrogen-bond acceptors (Lipinski definition) is 5. The Balaban J connectivity index is 1.67. The highest BCUT2D eigenvalue weighted by Crippen LogP contribution is 2.25. The summed E-state index contributed by atoms with van der Waals surface area (Å²) < 4.78 is 33.3. The van der Waals surface area contributed by atoms with E-state index in [-0.39, 0.29) is 24.0 Å². The van der Waals surface area contributed by atoms with Gasteiger partial charge in [-0.15, -0.1) is 11.3 Å². The molecule has 3 aromatic rings. The lowest BCUT2D eigenvalue weighted by Crippen LogP contribution is -2.29. The fourth-order valence-electron chi connectivity index (χ4n) is 3.01. The van der Waals surface area contributed by atoms with E-state index in [0.717, 1.165) is 5.56 Å². The average molecular weight is 433 g/mol. The summed E-state index contributed by atoms with van der Waals surface area (Å²) in [6, 6.07) is 12.7. The molecule has 1 amide bonds. The molecule has 0 unspecified atom stereocenters. The second-order valence-corrected chi connectivity index (χ2v) is 9.31. The highest BCUT2D eigenvalue weighted by atomic mass is 32.2. The standard InChI is InChI=1S/C21H24N2O4S2/c1-15-7-8-17(29(25,26)23-11-12-27-2)13-19(15)21(24)22-10-9-16-14-28-20-6-4-3-5-18(16)20/h3-8,13-14,23H,9-12H2,1-2H3,(H,22,24). The van der Waals surface area contributed by atoms with Gasteiger partial charge in [-0.2, -0.15) is 0 Å². The Morgan fingerprint density at radius 2 is 1.93 bits per heavy atom. The molecule has 6 nitrogen and oxygen atoms in total. The first-order valence-corrected chi connectivity index (χ1v) is 11.6. The van der Waals surface area contributed by atoms with Gasteiger partial charge < -0.3 is 10.1 Å². The molecule has 0 fully saturated rings. The Hall–Kier alpha value is -2.26. The summed E-state index contributed by atoms with van der Waals surface area (Å²) >= 11 is 1.69. The Morgan fingerprint density at radius 3 is 2.72 bits per heavy atom. The van der Waals surface area contributed by atoms with E-state index in [0.29, 0.717) is 18.5 Å². The van der Waals surface area contributed by atoms with E-state index >= 15 is 0 Å². The molecule has 2 N–H and O–H groups in total. The molecule has 154 valence electrons. The van der Waals surface area contributed by atoms with E-state index in [1.165, 1.54) is 34.9 Å². The van der Waals surface area contributed by atoms with Gasteiger partial charge in [0.15, 0.2) is 0 Å². The summed E-state index contributed by atoms with van der Waals surface area (Å²) in [6.45, 7) is 2.71. The lowest BCUT2D eigenvalue weighted by molar-refractivity contribution is 0.0953. The smallest absolute Gasteiger partial charge is 0.251 e. The van der Waals surface area contributed by atoms with Crippen molar-refractivity contribution < 1.29 is 17.9 Å². The zero-order valence-electron chi connectivity index (χ0n) is 16.4. The van der Waals surface area contributed by atoms with Crippen molar-refractivity contribution in [1.82, 2.24) is 10.0 Å². The third-order valence-electron chi connectivity index (χ3n) is 4.60. The van der Waals surface area contributed by atoms with Crippen LogP contribution < -0.4 is 10.0 Å². The van der Waals surface area contributed by atoms with Crippen molar-refractivity contribution in [3.63, 3.8) is 0 Å². The number of aryl methyl sites for hydroxylation is 1. The van der Waals surface area contributed by atoms with Crippen LogP contribution >= 0.6 is 11.3 Å². The Morgan fingerprint density at radius 1 is 1.14 bits per heavy atom. The van der Waals surface area contributed by atoms with Crippen LogP contribution in [0.3, 0.4) is 0 Å². The van der Waals surface area contributed by atoms with Crippen LogP contribution in [0.25, 0.3) is 10.1 Å². The van der Waals surface area contributed by atoms with Gasteiger partial charge >= 0.3 is 0 Å². The van der Waals surface area contributed by atoms with Gasteiger partial charge in [0.25, 0.3) is 5.91 Å². The quantitative estimate of drug-likeness (QED) is 0.509. The second-order valence-electron chi connectivity index (χ2n) is 6.63. The van der Waals surface area contributed by atoms with Gasteiger partial charge in [-0.05, 0) is 53.4 Å². The number of thiophene rings is 1. The fraction of sp³-hybridized carbons (Fsp3) is 0.286. The maximum Gasteiger partial charge on any atom is 0.251 e. The predicted molar refractivity (Wildman–Crippen MR) is 116 cm³/mol. The van der Waals surface area contributed by atoms with E-state index in [2.05, 4.69) is 27.6 Å². The van der Waals surface area contributed by atoms with Crippen LogP contribution in [0.15, 0.2) is 52.7 Å². The number of amides is 1. The van der Waals surface area contributed by atoms with Crippen molar-refractivity contribution in [2.24, 2.45) is 0 Å². The highest BCUT2D eigenvalue weighted by Gasteiger charge is 2.17. The average Bonchev–Trinajstić information content (AvgIpc) is 3.11. The van der Waals surface area contributed by atoms with Gasteiger partial charge in [0, 0.05) is 30.5 Å². The molecule has 0 saturated heterocycles. The van der Waals surface area contributed by atoms with E-state index in [1.807, 2.05) is 12.1 Å². The predicted octanol–water partition coefficient (Wildman–Crippen LogP) is 3.11. The molecule has 0 spiro atoms. The largest absolute Gasteiger partial charge is 0.383 e. The third-order valence-corrected chi connectivity index (χ3v) is 7.07. The zero-order chi connectivity index (χ0) is 20.9. The molecule has 8 heteroatoms. The second kappa shape index (κ2) is 9.49. The van der Waals surface area contributed by atoms with Crippen LogP contribution in [-0.4, -0.2) is 41.1 Å². The van der Waals surface area contributed by atoms with Crippen molar-refractivity contribution in [2.45, 2.75) is 18.2 Å². The third kappa shape index (κ3) is 5.22. The summed E-state index contributed by atoms with van der Waals surface area (Å²) in [5.74, 6) is -0.282. The molecule has 2 aromatic carbocycles. The van der Waals surface area contributed by atoms with Crippen molar-refractivity contribution >= 4 is 37.4 Å². The van der Waals surface area contributed by atoms with Crippen LogP contribution in [0, 0.1) is 6.92 Å². The molecule has 29 heavy (non-hydrogen) atoms. The maximum absolute atomic E-state index is 12.7. The maximum atomic E-state index is 12.7. The van der Waals surface area contributed by atoms with Crippen molar-refractivity contribution in [2.75, 3.05) is 26.8 Å². The van der Waals surface area contributed by atoms with Gasteiger partial charge in [0.1, 0.15) is 0 Å². The Bertz CT molecular complexity index is 1110. The molecule has 1 heterocycles. The summed E-state index contributed by atoms with van der Waals surface area (Å²) in [5.41, 5.74) is 2.27. The molecule has 1 aromatic heterocycles. The van der Waals surface area contributed by atoms with Gasteiger partial charge in [0.05, 0.1) is 11.5 Å². The number of carbonyl (C=O) groups is 1. The Kier molecular flexibility index (Phi) is 7.02. The van der Waals surface area contributed by atoms with Crippen molar-refractivity contribution in [3.8, 4) is 0 Å². The summed E-state index contributed by atoms with van der Waals surface area (Å²) in [4.78, 5) is 12.7. The first-order valence-electron chi connectivity index (χ1n) is 9.25. The van der Waals surface area contributed by atoms with Crippen LogP contribution in [0.4, 0.5) is 0 Å². The monoisotopic (exact) mass is 432 g/mol. The summed E-state index contributed by atoms with van der Waals surface area (Å²) in [5, 5.41) is 6.22. The van der Waals surface area contributed by atoms with Crippen molar-refractivity contribution in [3.05, 3.63) is 64.5 Å². The molecule has 0 aliphatic heterocycles. The van der Waals surface area contributed by atoms with Gasteiger partial charge in [0.2, 0.25) is 10.0 Å².